The van der Waals surface area contributed by atoms with Crippen LogP contribution in [0.2, 0.25) is 5.02 Å². The number of aliphatic imine (C=N–C) groups is 1. The van der Waals surface area contributed by atoms with E-state index < -0.39 is 29.4 Å². The molecule has 1 amide bonds. The maximum Gasteiger partial charge on any atom is 0.449 e. The van der Waals surface area contributed by atoms with E-state index >= 15 is 0 Å². The fraction of sp³-hybridized carbons (Fsp3) is 0.167. The molecule has 0 spiro atoms. The van der Waals surface area contributed by atoms with Crippen molar-refractivity contribution in [1.29, 1.82) is 0 Å². The van der Waals surface area contributed by atoms with Gasteiger partial charge in [-0.2, -0.15) is 13.2 Å². The van der Waals surface area contributed by atoms with E-state index in [1.807, 2.05) is 0 Å². The molecule has 2 rings (SSSR count). The summed E-state index contributed by atoms with van der Waals surface area (Å²) in [6.07, 6.45) is -4.70. The standard InChI is InChI=1S/C18H14ClF3N2O4S/c1-2-28-17(27)11(15(25)18(20,21)22)8-24-12-7-13(29-14(12)16(23)26)9-3-5-10(19)6-4-9/h3-8,25H,2H2,1H3,(H2,23,26). The summed E-state index contributed by atoms with van der Waals surface area (Å²) in [5.41, 5.74) is 4.72. The molecule has 0 aliphatic heterocycles. The summed E-state index contributed by atoms with van der Waals surface area (Å²) < 4.78 is 43.0. The van der Waals surface area contributed by atoms with Crippen molar-refractivity contribution in [2.45, 2.75) is 13.1 Å². The highest BCUT2D eigenvalue weighted by molar-refractivity contribution is 7.18. The fourth-order valence-electron chi connectivity index (χ4n) is 2.12. The molecular formula is C18H14ClF3N2O4S. The van der Waals surface area contributed by atoms with Crippen LogP contribution in [0.4, 0.5) is 18.9 Å². The van der Waals surface area contributed by atoms with Crippen molar-refractivity contribution in [3.63, 3.8) is 0 Å². The minimum atomic E-state index is -5.19. The van der Waals surface area contributed by atoms with Gasteiger partial charge in [-0.15, -0.1) is 11.3 Å². The Morgan fingerprint density at radius 2 is 1.93 bits per heavy atom. The van der Waals surface area contributed by atoms with Crippen LogP contribution in [0.25, 0.3) is 10.4 Å². The normalized spacial score (nSPS) is 12.7. The summed E-state index contributed by atoms with van der Waals surface area (Å²) in [5.74, 6) is -4.43. The zero-order valence-corrected chi connectivity index (χ0v) is 16.4. The monoisotopic (exact) mass is 446 g/mol. The molecule has 29 heavy (non-hydrogen) atoms. The molecule has 1 aromatic heterocycles. The molecule has 0 unspecified atom stereocenters. The number of allylic oxidation sites excluding steroid dienone is 1. The first-order valence-corrected chi connectivity index (χ1v) is 9.15. The molecule has 0 saturated heterocycles. The van der Waals surface area contributed by atoms with Crippen LogP contribution in [0, 0.1) is 0 Å². The molecule has 1 heterocycles. The Kier molecular flexibility index (Phi) is 7.04. The number of carbonyl (C=O) groups is 2. The summed E-state index contributed by atoms with van der Waals surface area (Å²) in [7, 11) is 0. The number of thiophene rings is 1. The van der Waals surface area contributed by atoms with E-state index in [4.69, 9.17) is 17.3 Å². The molecule has 0 atom stereocenters. The van der Waals surface area contributed by atoms with E-state index in [0.29, 0.717) is 21.7 Å². The lowest BCUT2D eigenvalue weighted by Crippen LogP contribution is -2.20. The second kappa shape index (κ2) is 9.10. The zero-order valence-electron chi connectivity index (χ0n) is 14.8. The number of benzene rings is 1. The second-order valence-corrected chi connectivity index (χ2v) is 6.92. The largest absolute Gasteiger partial charge is 0.504 e. The first-order valence-electron chi connectivity index (χ1n) is 7.95. The lowest BCUT2D eigenvalue weighted by Gasteiger charge is -2.09. The van der Waals surface area contributed by atoms with Gasteiger partial charge in [-0.1, -0.05) is 23.7 Å². The third-order valence-electron chi connectivity index (χ3n) is 3.42. The smallest absolute Gasteiger partial charge is 0.449 e. The third-order valence-corrected chi connectivity index (χ3v) is 4.86. The van der Waals surface area contributed by atoms with Gasteiger partial charge in [-0.05, 0) is 30.7 Å². The molecule has 3 N–H and O–H groups in total. The number of ether oxygens (including phenoxy) is 1. The lowest BCUT2D eigenvalue weighted by molar-refractivity contribution is -0.141. The quantitative estimate of drug-likeness (QED) is 0.288. The van der Waals surface area contributed by atoms with Gasteiger partial charge in [0.1, 0.15) is 10.5 Å². The van der Waals surface area contributed by atoms with Crippen LogP contribution < -0.4 is 5.73 Å². The van der Waals surface area contributed by atoms with Crippen molar-refractivity contribution in [3.8, 4) is 10.4 Å². The Hall–Kier alpha value is -2.85. The van der Waals surface area contributed by atoms with Crippen LogP contribution in [0.3, 0.4) is 0 Å². The van der Waals surface area contributed by atoms with Gasteiger partial charge >= 0.3 is 12.1 Å². The molecular weight excluding hydrogens is 433 g/mol. The maximum atomic E-state index is 12.8. The number of esters is 1. The van der Waals surface area contributed by atoms with Crippen molar-refractivity contribution in [1.82, 2.24) is 0 Å². The molecule has 0 radical (unpaired) electrons. The van der Waals surface area contributed by atoms with Crippen LogP contribution in [0.15, 0.2) is 46.7 Å². The van der Waals surface area contributed by atoms with Gasteiger partial charge in [0.05, 0.1) is 12.3 Å². The number of nitrogens with two attached hydrogens (primary N) is 1. The van der Waals surface area contributed by atoms with Crippen molar-refractivity contribution < 1.29 is 32.6 Å². The van der Waals surface area contributed by atoms with Crippen LogP contribution in [-0.4, -0.2) is 36.0 Å². The number of aliphatic hydroxyl groups excluding tert-OH is 1. The van der Waals surface area contributed by atoms with Crippen LogP contribution >= 0.6 is 22.9 Å². The Bertz CT molecular complexity index is 982. The zero-order chi connectivity index (χ0) is 21.8. The van der Waals surface area contributed by atoms with Crippen molar-refractivity contribution in [2.24, 2.45) is 10.7 Å². The van der Waals surface area contributed by atoms with E-state index in [2.05, 4.69) is 9.73 Å². The predicted octanol–water partition coefficient (Wildman–Crippen LogP) is 4.81. The van der Waals surface area contributed by atoms with Crippen LogP contribution in [-0.2, 0) is 9.53 Å². The number of hydrogen-bond acceptors (Lipinski definition) is 6. The van der Waals surface area contributed by atoms with E-state index in [1.54, 1.807) is 24.3 Å². The van der Waals surface area contributed by atoms with Crippen molar-refractivity contribution >= 4 is 46.7 Å². The molecule has 0 bridgehead atoms. The van der Waals surface area contributed by atoms with E-state index in [9.17, 15) is 27.9 Å². The van der Waals surface area contributed by atoms with Gasteiger partial charge in [-0.3, -0.25) is 9.79 Å². The average molecular weight is 447 g/mol. The first-order chi connectivity index (χ1) is 13.5. The Morgan fingerprint density at radius 3 is 2.45 bits per heavy atom. The van der Waals surface area contributed by atoms with E-state index in [1.165, 1.54) is 13.0 Å². The van der Waals surface area contributed by atoms with Gasteiger partial charge in [0.25, 0.3) is 5.91 Å². The molecule has 0 saturated carbocycles. The molecule has 2 aromatic rings. The van der Waals surface area contributed by atoms with E-state index in [0.717, 1.165) is 11.3 Å². The summed E-state index contributed by atoms with van der Waals surface area (Å²) in [4.78, 5) is 27.8. The molecule has 0 aliphatic rings. The van der Waals surface area contributed by atoms with Crippen LogP contribution in [0.5, 0.6) is 0 Å². The fourth-order valence-corrected chi connectivity index (χ4v) is 3.20. The number of hydrogen-bond donors (Lipinski definition) is 2. The molecule has 1 aromatic carbocycles. The Labute approximate surface area is 172 Å². The number of alkyl halides is 3. The summed E-state index contributed by atoms with van der Waals surface area (Å²) in [6.45, 7) is 1.17. The highest BCUT2D eigenvalue weighted by Crippen LogP contribution is 2.37. The second-order valence-electron chi connectivity index (χ2n) is 5.43. The number of halogens is 4. The van der Waals surface area contributed by atoms with E-state index in [-0.39, 0.29) is 17.2 Å². The van der Waals surface area contributed by atoms with Gasteiger partial charge in [0.15, 0.2) is 0 Å². The Morgan fingerprint density at radius 1 is 1.31 bits per heavy atom. The summed E-state index contributed by atoms with van der Waals surface area (Å²) in [5, 5.41) is 9.86. The summed E-state index contributed by atoms with van der Waals surface area (Å²) >= 11 is 6.80. The minimum absolute atomic E-state index is 0.0408. The number of amides is 1. The van der Waals surface area contributed by atoms with Crippen molar-refractivity contribution in [2.75, 3.05) is 6.61 Å². The molecule has 0 aliphatic carbocycles. The number of rotatable bonds is 6. The summed E-state index contributed by atoms with van der Waals surface area (Å²) in [6, 6.07) is 7.99. The lowest BCUT2D eigenvalue weighted by atomic mass is 10.2. The average Bonchev–Trinajstić information content (AvgIpc) is 3.06. The van der Waals surface area contributed by atoms with Gasteiger partial charge < -0.3 is 15.6 Å². The molecule has 11 heteroatoms. The maximum absolute atomic E-state index is 12.8. The van der Waals surface area contributed by atoms with Gasteiger partial charge in [0.2, 0.25) is 5.76 Å². The van der Waals surface area contributed by atoms with Crippen LogP contribution in [0.1, 0.15) is 16.6 Å². The highest BCUT2D eigenvalue weighted by atomic mass is 35.5. The number of aliphatic hydroxyl groups is 1. The van der Waals surface area contributed by atoms with Gasteiger partial charge in [0, 0.05) is 16.1 Å². The molecule has 6 nitrogen and oxygen atoms in total. The predicted molar refractivity (Wildman–Crippen MR) is 104 cm³/mol. The molecule has 154 valence electrons. The third kappa shape index (κ3) is 5.58. The highest BCUT2D eigenvalue weighted by Gasteiger charge is 2.38. The van der Waals surface area contributed by atoms with Gasteiger partial charge in [-0.25, -0.2) is 4.79 Å². The SMILES string of the molecule is CCOC(=O)C(C=Nc1cc(-c2ccc(Cl)cc2)sc1C(N)=O)=C(O)C(F)(F)F. The molecule has 0 fully saturated rings. The number of primary amides is 1. The Balaban J connectivity index is 2.51. The number of carbonyl (C=O) groups excluding carboxylic acids is 2. The minimum Gasteiger partial charge on any atom is -0.504 e. The topological polar surface area (TPSA) is 102 Å². The number of nitrogens with zero attached hydrogens (tertiary/aromatic N) is 1. The van der Waals surface area contributed by atoms with Crippen molar-refractivity contribution in [3.05, 3.63) is 51.6 Å². The first kappa shape index (κ1) is 22.4.